The first-order valence-electron chi connectivity index (χ1n) is 9.28. The molecule has 1 aromatic heterocycles. The van der Waals surface area contributed by atoms with E-state index in [0.29, 0.717) is 35.2 Å². The number of nitrogens with zero attached hydrogens (tertiary/aromatic N) is 2. The number of halogens is 1. The van der Waals surface area contributed by atoms with Crippen LogP contribution in [0.25, 0.3) is 0 Å². The third-order valence-electron chi connectivity index (χ3n) is 4.41. The summed E-state index contributed by atoms with van der Waals surface area (Å²) in [6, 6.07) is 5.57. The number of hydrogen-bond acceptors (Lipinski definition) is 7. The Hall–Kier alpha value is -2.43. The molecular weight excluding hydrogens is 431 g/mol. The van der Waals surface area contributed by atoms with Crippen LogP contribution in [0, 0.1) is 5.82 Å². The van der Waals surface area contributed by atoms with Gasteiger partial charge in [0.15, 0.2) is 10.0 Å². The van der Waals surface area contributed by atoms with E-state index in [4.69, 9.17) is 9.84 Å². The zero-order valence-corrected chi connectivity index (χ0v) is 17.6. The summed E-state index contributed by atoms with van der Waals surface area (Å²) in [5, 5.41) is 20.5. The van der Waals surface area contributed by atoms with E-state index in [0.717, 1.165) is 0 Å². The highest BCUT2D eigenvalue weighted by molar-refractivity contribution is 8.01. The number of aliphatic hydroxyl groups excluding tert-OH is 1. The highest BCUT2D eigenvalue weighted by Crippen LogP contribution is 2.25. The maximum atomic E-state index is 13.1. The summed E-state index contributed by atoms with van der Waals surface area (Å²) in [5.41, 5.74) is 0.0232. The standard InChI is InChI=1S/C20H21FN2O5S2/c21-13-2-1-3-16(10-13)28-11-15(24)6-4-14-5-7-18(25)23(14)8-9-29-20-22-17(12-30-20)19(26)27/h1-4,6,10,12,14-15,24H,5,7-9,11H2,(H,26,27)/b6-4+/t14-,15?/m0/s1. The fraction of sp³-hybridized carbons (Fsp3) is 0.350. The van der Waals surface area contributed by atoms with Gasteiger partial charge in [-0.2, -0.15) is 0 Å². The van der Waals surface area contributed by atoms with Crippen LogP contribution in [0.1, 0.15) is 23.3 Å². The molecular formula is C20H21FN2O5S2. The fourth-order valence-electron chi connectivity index (χ4n) is 2.95. The third-order valence-corrected chi connectivity index (χ3v) is 6.41. The number of aliphatic hydroxyl groups is 1. The minimum atomic E-state index is -1.06. The molecule has 0 aliphatic carbocycles. The molecule has 0 saturated carbocycles. The average Bonchev–Trinajstić information content (AvgIpc) is 3.32. The van der Waals surface area contributed by atoms with Crippen LogP contribution in [-0.2, 0) is 4.79 Å². The van der Waals surface area contributed by atoms with Gasteiger partial charge in [-0.05, 0) is 18.6 Å². The normalized spacial score (nSPS) is 17.6. The van der Waals surface area contributed by atoms with Gasteiger partial charge in [0.1, 0.15) is 24.3 Å². The van der Waals surface area contributed by atoms with E-state index in [9.17, 15) is 19.1 Å². The van der Waals surface area contributed by atoms with Crippen molar-refractivity contribution in [3.8, 4) is 5.75 Å². The van der Waals surface area contributed by atoms with Crippen LogP contribution in [-0.4, -0.2) is 63.0 Å². The Morgan fingerprint density at radius 2 is 2.33 bits per heavy atom. The Kier molecular flexibility index (Phi) is 7.83. The lowest BCUT2D eigenvalue weighted by molar-refractivity contribution is -0.128. The Morgan fingerprint density at radius 3 is 3.07 bits per heavy atom. The monoisotopic (exact) mass is 452 g/mol. The van der Waals surface area contributed by atoms with Crippen molar-refractivity contribution in [3.63, 3.8) is 0 Å². The van der Waals surface area contributed by atoms with Crippen LogP contribution in [0.4, 0.5) is 4.39 Å². The molecule has 2 aromatic rings. The van der Waals surface area contributed by atoms with E-state index in [-0.39, 0.29) is 24.2 Å². The molecule has 7 nitrogen and oxygen atoms in total. The van der Waals surface area contributed by atoms with E-state index >= 15 is 0 Å². The van der Waals surface area contributed by atoms with Crippen molar-refractivity contribution < 1.29 is 28.9 Å². The lowest BCUT2D eigenvalue weighted by atomic mass is 10.2. The largest absolute Gasteiger partial charge is 0.490 e. The molecule has 1 unspecified atom stereocenters. The summed E-state index contributed by atoms with van der Waals surface area (Å²) in [5.74, 6) is -0.495. The number of carboxylic acid groups (broad SMARTS) is 1. The van der Waals surface area contributed by atoms with Crippen LogP contribution in [0.2, 0.25) is 0 Å². The Morgan fingerprint density at radius 1 is 1.50 bits per heavy atom. The van der Waals surface area contributed by atoms with Crippen LogP contribution < -0.4 is 4.74 Å². The zero-order valence-electron chi connectivity index (χ0n) is 15.9. The number of likely N-dealkylation sites (tertiary alicyclic amines) is 1. The minimum absolute atomic E-state index is 0.0214. The van der Waals surface area contributed by atoms with Crippen molar-refractivity contribution in [1.82, 2.24) is 9.88 Å². The van der Waals surface area contributed by atoms with Gasteiger partial charge in [-0.3, -0.25) is 4.79 Å². The van der Waals surface area contributed by atoms with Crippen LogP contribution in [0.5, 0.6) is 5.75 Å². The Balaban J connectivity index is 1.46. The number of aromatic nitrogens is 1. The first kappa shape index (κ1) is 22.3. The molecule has 3 rings (SSSR count). The SMILES string of the molecule is O=C(O)c1csc(SCCN2C(=O)CC[C@@H]2/C=C/C(O)COc2cccc(F)c2)n1. The summed E-state index contributed by atoms with van der Waals surface area (Å²) < 4.78 is 19.2. The second-order valence-corrected chi connectivity index (χ2v) is 8.77. The predicted octanol–water partition coefficient (Wildman–Crippen LogP) is 3.06. The summed E-state index contributed by atoms with van der Waals surface area (Å²) in [7, 11) is 0. The molecule has 0 spiro atoms. The fourth-order valence-corrected chi connectivity index (χ4v) is 4.76. The lowest BCUT2D eigenvalue weighted by Crippen LogP contribution is -2.34. The van der Waals surface area contributed by atoms with Crippen LogP contribution in [0.15, 0.2) is 46.1 Å². The molecule has 2 N–H and O–H groups in total. The molecule has 2 heterocycles. The van der Waals surface area contributed by atoms with Gasteiger partial charge in [0.25, 0.3) is 0 Å². The van der Waals surface area contributed by atoms with Gasteiger partial charge in [0.2, 0.25) is 5.91 Å². The summed E-state index contributed by atoms with van der Waals surface area (Å²) >= 11 is 2.67. The quantitative estimate of drug-likeness (QED) is 0.422. The zero-order chi connectivity index (χ0) is 21.5. The maximum Gasteiger partial charge on any atom is 0.355 e. The first-order chi connectivity index (χ1) is 14.4. The molecule has 30 heavy (non-hydrogen) atoms. The number of rotatable bonds is 10. The predicted molar refractivity (Wildman–Crippen MR) is 112 cm³/mol. The molecule has 1 aromatic carbocycles. The minimum Gasteiger partial charge on any atom is -0.490 e. The van der Waals surface area contributed by atoms with Gasteiger partial charge >= 0.3 is 5.97 Å². The second-order valence-electron chi connectivity index (χ2n) is 6.57. The van der Waals surface area contributed by atoms with Gasteiger partial charge in [-0.1, -0.05) is 30.0 Å². The number of hydrogen-bond donors (Lipinski definition) is 2. The Bertz CT molecular complexity index is 920. The number of carboxylic acids is 1. The van der Waals surface area contributed by atoms with E-state index in [2.05, 4.69) is 4.98 Å². The molecule has 1 amide bonds. The lowest BCUT2D eigenvalue weighted by Gasteiger charge is -2.22. The van der Waals surface area contributed by atoms with Crippen molar-refractivity contribution in [2.24, 2.45) is 0 Å². The van der Waals surface area contributed by atoms with Gasteiger partial charge in [0, 0.05) is 30.2 Å². The number of aromatic carboxylic acids is 1. The van der Waals surface area contributed by atoms with E-state index in [1.807, 2.05) is 0 Å². The smallest absolute Gasteiger partial charge is 0.355 e. The van der Waals surface area contributed by atoms with E-state index in [1.165, 1.54) is 46.7 Å². The number of benzene rings is 1. The van der Waals surface area contributed by atoms with Crippen molar-refractivity contribution in [2.45, 2.75) is 29.3 Å². The highest BCUT2D eigenvalue weighted by atomic mass is 32.2. The first-order valence-corrected chi connectivity index (χ1v) is 11.1. The number of ether oxygens (including phenoxy) is 1. The van der Waals surface area contributed by atoms with Crippen molar-refractivity contribution in [1.29, 1.82) is 0 Å². The van der Waals surface area contributed by atoms with Crippen molar-refractivity contribution in [3.05, 3.63) is 53.3 Å². The van der Waals surface area contributed by atoms with Gasteiger partial charge in [-0.25, -0.2) is 14.2 Å². The van der Waals surface area contributed by atoms with Gasteiger partial charge in [-0.15, -0.1) is 11.3 Å². The van der Waals surface area contributed by atoms with Gasteiger partial charge < -0.3 is 19.8 Å². The molecule has 1 aliphatic rings. The van der Waals surface area contributed by atoms with Gasteiger partial charge in [0.05, 0.1) is 6.04 Å². The average molecular weight is 453 g/mol. The number of thioether (sulfide) groups is 1. The summed E-state index contributed by atoms with van der Waals surface area (Å²) in [6.07, 6.45) is 3.60. The summed E-state index contributed by atoms with van der Waals surface area (Å²) in [6.45, 7) is 0.475. The molecule has 1 fully saturated rings. The molecule has 1 saturated heterocycles. The van der Waals surface area contributed by atoms with E-state index in [1.54, 1.807) is 23.1 Å². The Labute approximate surface area is 181 Å². The number of thiazole rings is 1. The third kappa shape index (κ3) is 6.28. The molecule has 160 valence electrons. The highest BCUT2D eigenvalue weighted by Gasteiger charge is 2.28. The number of carbonyl (C=O) groups is 2. The molecule has 10 heteroatoms. The van der Waals surface area contributed by atoms with Crippen LogP contribution >= 0.6 is 23.1 Å². The molecule has 0 radical (unpaired) electrons. The van der Waals surface area contributed by atoms with Crippen molar-refractivity contribution >= 4 is 35.0 Å². The topological polar surface area (TPSA) is 100.0 Å². The number of carbonyl (C=O) groups excluding carboxylic acids is 1. The maximum absolute atomic E-state index is 13.1. The number of amides is 1. The van der Waals surface area contributed by atoms with Crippen molar-refractivity contribution in [2.75, 3.05) is 18.9 Å². The molecule has 1 aliphatic heterocycles. The second kappa shape index (κ2) is 10.6. The van der Waals surface area contributed by atoms with E-state index < -0.39 is 17.9 Å². The summed E-state index contributed by atoms with van der Waals surface area (Å²) in [4.78, 5) is 28.8. The van der Waals surface area contributed by atoms with Crippen LogP contribution in [0.3, 0.4) is 0 Å². The molecule has 2 atom stereocenters. The molecule has 0 bridgehead atoms.